The van der Waals surface area contributed by atoms with Crippen LogP contribution in [0.1, 0.15) is 18.4 Å². The van der Waals surface area contributed by atoms with Crippen molar-refractivity contribution in [2.24, 2.45) is 0 Å². The largest absolute Gasteiger partial charge is 0.481 e. The van der Waals surface area contributed by atoms with Gasteiger partial charge in [-0.2, -0.15) is 0 Å². The van der Waals surface area contributed by atoms with E-state index in [1.54, 1.807) is 19.1 Å². The maximum atomic E-state index is 10.8. The maximum absolute atomic E-state index is 10.8. The smallest absolute Gasteiger partial charge is 0.310 e. The van der Waals surface area contributed by atoms with Crippen LogP contribution in [0.25, 0.3) is 10.2 Å². The predicted octanol–water partition coefficient (Wildman–Crippen LogP) is 2.07. The first kappa shape index (κ1) is 9.92. The van der Waals surface area contributed by atoms with Crippen LogP contribution in [0, 0.1) is 0 Å². The molecule has 0 aliphatic rings. The molecule has 2 aromatic rings. The molecular weight excluding hydrogens is 212 g/mol. The van der Waals surface area contributed by atoms with E-state index in [1.165, 1.54) is 11.3 Å². The Morgan fingerprint density at radius 3 is 3.00 bits per heavy atom. The first-order valence-corrected chi connectivity index (χ1v) is 5.28. The van der Waals surface area contributed by atoms with Crippen molar-refractivity contribution in [1.82, 2.24) is 4.98 Å². The molecule has 3 N–H and O–H groups in total. The number of carboxylic acids is 1. The average Bonchev–Trinajstić information content (AvgIpc) is 2.55. The van der Waals surface area contributed by atoms with E-state index in [1.807, 2.05) is 6.07 Å². The molecule has 0 amide bonds. The summed E-state index contributed by atoms with van der Waals surface area (Å²) >= 11 is 1.40. The van der Waals surface area contributed by atoms with Crippen molar-refractivity contribution in [2.45, 2.75) is 12.8 Å². The molecular formula is C10H10N2O2S. The second-order valence-electron chi connectivity index (χ2n) is 3.34. The van der Waals surface area contributed by atoms with Gasteiger partial charge in [0.05, 0.1) is 16.1 Å². The van der Waals surface area contributed by atoms with E-state index in [4.69, 9.17) is 10.8 Å². The maximum Gasteiger partial charge on any atom is 0.310 e. The molecule has 0 aliphatic heterocycles. The summed E-state index contributed by atoms with van der Waals surface area (Å²) in [4.78, 5) is 14.9. The fourth-order valence-electron chi connectivity index (χ4n) is 1.37. The molecule has 1 aromatic carbocycles. The number of fused-ring (bicyclic) bond motifs is 1. The molecule has 78 valence electrons. The minimum atomic E-state index is -0.836. The molecule has 0 radical (unpaired) electrons. The molecule has 2 rings (SSSR count). The number of nitrogens with two attached hydrogens (primary N) is 1. The molecule has 0 saturated heterocycles. The number of nitrogen functional groups attached to an aromatic ring is 1. The van der Waals surface area contributed by atoms with Gasteiger partial charge in [0.1, 0.15) is 0 Å². The number of aliphatic carboxylic acids is 1. The summed E-state index contributed by atoms with van der Waals surface area (Å²) in [7, 11) is 0. The summed E-state index contributed by atoms with van der Waals surface area (Å²) in [6.45, 7) is 1.65. The Morgan fingerprint density at radius 1 is 1.60 bits per heavy atom. The van der Waals surface area contributed by atoms with Crippen LogP contribution in [-0.2, 0) is 4.79 Å². The van der Waals surface area contributed by atoms with Crippen LogP contribution in [0.2, 0.25) is 0 Å². The third kappa shape index (κ3) is 1.78. The number of hydrogen-bond acceptors (Lipinski definition) is 4. The molecule has 0 bridgehead atoms. The number of benzene rings is 1. The summed E-state index contributed by atoms with van der Waals surface area (Å²) < 4.78 is 0.980. The Kier molecular flexibility index (Phi) is 2.32. The highest BCUT2D eigenvalue weighted by atomic mass is 32.1. The molecule has 5 heteroatoms. The zero-order valence-corrected chi connectivity index (χ0v) is 8.91. The standard InChI is InChI=1S/C10H10N2O2S/c1-5(9(13)14)6-2-3-8-7(4-6)12-10(11)15-8/h2-5H,1H3,(H2,11,12)(H,13,14). The van der Waals surface area contributed by atoms with Crippen molar-refractivity contribution in [3.8, 4) is 0 Å². The second kappa shape index (κ2) is 3.51. The predicted molar refractivity (Wildman–Crippen MR) is 60.1 cm³/mol. The van der Waals surface area contributed by atoms with Gasteiger partial charge in [0.25, 0.3) is 0 Å². The van der Waals surface area contributed by atoms with E-state index in [0.717, 1.165) is 15.8 Å². The lowest BCUT2D eigenvalue weighted by Crippen LogP contribution is -2.06. The van der Waals surface area contributed by atoms with Gasteiger partial charge in [0.15, 0.2) is 5.13 Å². The fraction of sp³-hybridized carbons (Fsp3) is 0.200. The van der Waals surface area contributed by atoms with Crippen molar-refractivity contribution >= 4 is 32.7 Å². The molecule has 15 heavy (non-hydrogen) atoms. The number of rotatable bonds is 2. The Bertz CT molecular complexity index is 521. The lowest BCUT2D eigenvalue weighted by Gasteiger charge is -2.05. The van der Waals surface area contributed by atoms with Crippen molar-refractivity contribution in [3.05, 3.63) is 23.8 Å². The molecule has 4 nitrogen and oxygen atoms in total. The number of aromatic nitrogens is 1. The van der Waals surface area contributed by atoms with Gasteiger partial charge in [0.2, 0.25) is 0 Å². The Balaban J connectivity index is 2.50. The van der Waals surface area contributed by atoms with Gasteiger partial charge in [-0.1, -0.05) is 17.4 Å². The summed E-state index contributed by atoms with van der Waals surface area (Å²) in [6.07, 6.45) is 0. The first-order valence-electron chi connectivity index (χ1n) is 4.46. The van der Waals surface area contributed by atoms with Crippen molar-refractivity contribution in [2.75, 3.05) is 5.73 Å². The van der Waals surface area contributed by atoms with Crippen LogP contribution < -0.4 is 5.73 Å². The SMILES string of the molecule is CC(C(=O)O)c1ccc2sc(N)nc2c1. The van der Waals surface area contributed by atoms with Gasteiger partial charge in [-0.25, -0.2) is 4.98 Å². The normalized spacial score (nSPS) is 12.9. The number of thiazole rings is 1. The summed E-state index contributed by atoms with van der Waals surface area (Å²) in [5.41, 5.74) is 7.08. The quantitative estimate of drug-likeness (QED) is 0.815. The van der Waals surface area contributed by atoms with E-state index < -0.39 is 11.9 Å². The summed E-state index contributed by atoms with van der Waals surface area (Å²) in [5, 5.41) is 9.37. The molecule has 1 atom stereocenters. The van der Waals surface area contributed by atoms with Gasteiger partial charge in [0, 0.05) is 0 Å². The number of hydrogen-bond donors (Lipinski definition) is 2. The van der Waals surface area contributed by atoms with E-state index in [-0.39, 0.29) is 0 Å². The molecule has 1 unspecified atom stereocenters. The van der Waals surface area contributed by atoms with Crippen LogP contribution in [0.4, 0.5) is 5.13 Å². The van der Waals surface area contributed by atoms with Gasteiger partial charge in [-0.15, -0.1) is 0 Å². The van der Waals surface area contributed by atoms with E-state index in [9.17, 15) is 4.79 Å². The minimum Gasteiger partial charge on any atom is -0.481 e. The van der Waals surface area contributed by atoms with E-state index in [2.05, 4.69) is 4.98 Å². The zero-order valence-electron chi connectivity index (χ0n) is 8.10. The van der Waals surface area contributed by atoms with E-state index >= 15 is 0 Å². The van der Waals surface area contributed by atoms with Gasteiger partial charge in [-0.05, 0) is 24.6 Å². The average molecular weight is 222 g/mol. The van der Waals surface area contributed by atoms with Crippen LogP contribution >= 0.6 is 11.3 Å². The molecule has 1 heterocycles. The van der Waals surface area contributed by atoms with Crippen LogP contribution in [0.5, 0.6) is 0 Å². The molecule has 0 saturated carbocycles. The number of carbonyl (C=O) groups is 1. The summed E-state index contributed by atoms with van der Waals surface area (Å²) in [6, 6.07) is 5.44. The second-order valence-corrected chi connectivity index (χ2v) is 4.40. The number of anilines is 1. The van der Waals surface area contributed by atoms with Crippen LogP contribution in [0.3, 0.4) is 0 Å². The highest BCUT2D eigenvalue weighted by Crippen LogP contribution is 2.27. The van der Waals surface area contributed by atoms with Crippen molar-refractivity contribution in [1.29, 1.82) is 0 Å². The first-order chi connectivity index (χ1) is 7.08. The lowest BCUT2D eigenvalue weighted by atomic mass is 10.0. The molecule has 0 fully saturated rings. The minimum absolute atomic E-state index is 0.505. The van der Waals surface area contributed by atoms with Crippen molar-refractivity contribution < 1.29 is 9.90 Å². The third-order valence-electron chi connectivity index (χ3n) is 2.30. The Hall–Kier alpha value is -1.62. The highest BCUT2D eigenvalue weighted by molar-refractivity contribution is 7.22. The number of carboxylic acid groups (broad SMARTS) is 1. The molecule has 1 aromatic heterocycles. The third-order valence-corrected chi connectivity index (χ3v) is 3.16. The van der Waals surface area contributed by atoms with Crippen LogP contribution in [-0.4, -0.2) is 16.1 Å². The topological polar surface area (TPSA) is 76.2 Å². The van der Waals surface area contributed by atoms with E-state index in [0.29, 0.717) is 5.13 Å². The van der Waals surface area contributed by atoms with Crippen molar-refractivity contribution in [3.63, 3.8) is 0 Å². The van der Waals surface area contributed by atoms with Gasteiger partial charge >= 0.3 is 5.97 Å². The van der Waals surface area contributed by atoms with Crippen LogP contribution in [0.15, 0.2) is 18.2 Å². The lowest BCUT2D eigenvalue weighted by molar-refractivity contribution is -0.138. The molecule has 0 spiro atoms. The Morgan fingerprint density at radius 2 is 2.33 bits per heavy atom. The summed E-state index contributed by atoms with van der Waals surface area (Å²) in [5.74, 6) is -1.35. The highest BCUT2D eigenvalue weighted by Gasteiger charge is 2.14. The van der Waals surface area contributed by atoms with Gasteiger partial charge in [-0.3, -0.25) is 4.79 Å². The molecule has 0 aliphatic carbocycles. The Labute approximate surface area is 90.4 Å². The number of nitrogens with zero attached hydrogens (tertiary/aromatic N) is 1. The zero-order chi connectivity index (χ0) is 11.0. The van der Waals surface area contributed by atoms with Gasteiger partial charge < -0.3 is 10.8 Å². The fourth-order valence-corrected chi connectivity index (χ4v) is 2.09. The monoisotopic (exact) mass is 222 g/mol.